The van der Waals surface area contributed by atoms with E-state index in [9.17, 15) is 9.59 Å². The standard InChI is InChI=1S/C13H19NO3/c1-2-17-13(16)9-10-5-3-4-8-14-11(10)6-7-12(14)15/h9,11H,2-8H2,1H3/b10-9+/t11-/m0/s1. The SMILES string of the molecule is CCOC(=O)/C=C1\CCCCN2C(=O)CC[C@@H]12. The number of rotatable bonds is 2. The van der Waals surface area contributed by atoms with Gasteiger partial charge in [-0.1, -0.05) is 0 Å². The van der Waals surface area contributed by atoms with Gasteiger partial charge in [0.1, 0.15) is 0 Å². The third-order valence-corrected chi connectivity index (χ3v) is 3.46. The van der Waals surface area contributed by atoms with E-state index in [0.29, 0.717) is 13.0 Å². The van der Waals surface area contributed by atoms with E-state index in [-0.39, 0.29) is 17.9 Å². The van der Waals surface area contributed by atoms with Gasteiger partial charge in [0.15, 0.2) is 0 Å². The van der Waals surface area contributed by atoms with Gasteiger partial charge in [0.25, 0.3) is 0 Å². The van der Waals surface area contributed by atoms with Gasteiger partial charge in [-0.15, -0.1) is 0 Å². The monoisotopic (exact) mass is 237 g/mol. The van der Waals surface area contributed by atoms with E-state index in [2.05, 4.69) is 0 Å². The van der Waals surface area contributed by atoms with E-state index in [1.807, 2.05) is 4.90 Å². The van der Waals surface area contributed by atoms with Crippen molar-refractivity contribution in [3.05, 3.63) is 11.6 Å². The van der Waals surface area contributed by atoms with Gasteiger partial charge in [0, 0.05) is 19.0 Å². The largest absolute Gasteiger partial charge is 0.463 e. The molecule has 0 unspecified atom stereocenters. The number of carbonyl (C=O) groups is 2. The van der Waals surface area contributed by atoms with Crippen LogP contribution < -0.4 is 0 Å². The maximum atomic E-state index is 11.7. The Balaban J connectivity index is 2.14. The molecule has 0 aromatic rings. The molecule has 2 aliphatic rings. The lowest BCUT2D eigenvalue weighted by Crippen LogP contribution is -2.33. The Labute approximate surface area is 102 Å². The van der Waals surface area contributed by atoms with E-state index in [0.717, 1.165) is 37.8 Å². The molecular weight excluding hydrogens is 218 g/mol. The molecule has 0 aromatic carbocycles. The van der Waals surface area contributed by atoms with Gasteiger partial charge in [-0.05, 0) is 38.2 Å². The normalized spacial score (nSPS) is 26.9. The maximum Gasteiger partial charge on any atom is 0.330 e. The number of ether oxygens (including phenoxy) is 1. The molecule has 0 saturated carbocycles. The van der Waals surface area contributed by atoms with Gasteiger partial charge >= 0.3 is 5.97 Å². The predicted octanol–water partition coefficient (Wildman–Crippen LogP) is 1.65. The van der Waals surface area contributed by atoms with Crippen molar-refractivity contribution in [2.24, 2.45) is 0 Å². The Morgan fingerprint density at radius 3 is 3.06 bits per heavy atom. The van der Waals surface area contributed by atoms with Crippen LogP contribution in [0.3, 0.4) is 0 Å². The number of amides is 1. The fraction of sp³-hybridized carbons (Fsp3) is 0.692. The van der Waals surface area contributed by atoms with Crippen LogP contribution in [-0.2, 0) is 14.3 Å². The average molecular weight is 237 g/mol. The van der Waals surface area contributed by atoms with Crippen LogP contribution in [0.1, 0.15) is 39.0 Å². The molecule has 1 amide bonds. The van der Waals surface area contributed by atoms with Crippen LogP contribution in [-0.4, -0.2) is 36.0 Å². The zero-order valence-corrected chi connectivity index (χ0v) is 10.3. The first-order chi connectivity index (χ1) is 8.22. The minimum absolute atomic E-state index is 0.148. The third-order valence-electron chi connectivity index (χ3n) is 3.46. The van der Waals surface area contributed by atoms with Crippen molar-refractivity contribution in [3.63, 3.8) is 0 Å². The van der Waals surface area contributed by atoms with Gasteiger partial charge in [-0.25, -0.2) is 4.79 Å². The summed E-state index contributed by atoms with van der Waals surface area (Å²) in [6.45, 7) is 3.04. The summed E-state index contributed by atoms with van der Waals surface area (Å²) in [5.41, 5.74) is 1.08. The van der Waals surface area contributed by atoms with Crippen LogP contribution in [0.15, 0.2) is 11.6 Å². The van der Waals surface area contributed by atoms with Crippen molar-refractivity contribution in [3.8, 4) is 0 Å². The summed E-state index contributed by atoms with van der Waals surface area (Å²) in [7, 11) is 0. The molecule has 0 aliphatic carbocycles. The summed E-state index contributed by atoms with van der Waals surface area (Å²) in [5, 5.41) is 0. The molecule has 2 fully saturated rings. The molecule has 1 atom stereocenters. The summed E-state index contributed by atoms with van der Waals surface area (Å²) >= 11 is 0. The Morgan fingerprint density at radius 2 is 2.29 bits per heavy atom. The van der Waals surface area contributed by atoms with Crippen LogP contribution >= 0.6 is 0 Å². The molecule has 2 aliphatic heterocycles. The van der Waals surface area contributed by atoms with Crippen molar-refractivity contribution >= 4 is 11.9 Å². The minimum atomic E-state index is -0.274. The molecule has 0 aromatic heterocycles. The highest BCUT2D eigenvalue weighted by atomic mass is 16.5. The molecule has 94 valence electrons. The van der Waals surface area contributed by atoms with E-state index in [4.69, 9.17) is 4.74 Å². The number of hydrogen-bond acceptors (Lipinski definition) is 3. The fourth-order valence-electron chi connectivity index (χ4n) is 2.68. The van der Waals surface area contributed by atoms with Crippen molar-refractivity contribution < 1.29 is 14.3 Å². The highest BCUT2D eigenvalue weighted by Crippen LogP contribution is 2.31. The molecule has 0 spiro atoms. The molecule has 2 heterocycles. The molecule has 2 rings (SSSR count). The molecule has 0 N–H and O–H groups in total. The lowest BCUT2D eigenvalue weighted by molar-refractivity contribution is -0.137. The molecule has 2 saturated heterocycles. The van der Waals surface area contributed by atoms with Crippen molar-refractivity contribution in [2.75, 3.05) is 13.2 Å². The van der Waals surface area contributed by atoms with Crippen molar-refractivity contribution in [2.45, 2.75) is 45.1 Å². The number of carbonyl (C=O) groups excluding carboxylic acids is 2. The van der Waals surface area contributed by atoms with Gasteiger partial charge in [-0.2, -0.15) is 0 Å². The Hall–Kier alpha value is -1.32. The van der Waals surface area contributed by atoms with Crippen LogP contribution in [0.25, 0.3) is 0 Å². The summed E-state index contributed by atoms with van der Waals surface area (Å²) in [6, 6.07) is 0.148. The van der Waals surface area contributed by atoms with Crippen LogP contribution in [0.5, 0.6) is 0 Å². The van der Waals surface area contributed by atoms with Crippen molar-refractivity contribution in [1.29, 1.82) is 0 Å². The Kier molecular flexibility index (Phi) is 3.82. The molecule has 0 radical (unpaired) electrons. The van der Waals surface area contributed by atoms with Gasteiger partial charge < -0.3 is 9.64 Å². The number of fused-ring (bicyclic) bond motifs is 1. The van der Waals surface area contributed by atoms with Crippen LogP contribution in [0, 0.1) is 0 Å². The summed E-state index contributed by atoms with van der Waals surface area (Å²) in [6.07, 6.45) is 6.06. The van der Waals surface area contributed by atoms with Gasteiger partial charge in [0.2, 0.25) is 5.91 Å². The summed E-state index contributed by atoms with van der Waals surface area (Å²) < 4.78 is 4.94. The first-order valence-electron chi connectivity index (χ1n) is 6.39. The Morgan fingerprint density at radius 1 is 1.47 bits per heavy atom. The molecule has 4 nitrogen and oxygen atoms in total. The first kappa shape index (κ1) is 12.1. The number of esters is 1. The lowest BCUT2D eigenvalue weighted by Gasteiger charge is -2.23. The van der Waals surface area contributed by atoms with Gasteiger partial charge in [0.05, 0.1) is 12.6 Å². The van der Waals surface area contributed by atoms with Crippen LogP contribution in [0.4, 0.5) is 0 Å². The summed E-state index contributed by atoms with van der Waals surface area (Å²) in [4.78, 5) is 25.1. The quantitative estimate of drug-likeness (QED) is 0.542. The highest BCUT2D eigenvalue weighted by Gasteiger charge is 2.34. The van der Waals surface area contributed by atoms with E-state index < -0.39 is 0 Å². The Bertz CT molecular complexity index is 349. The average Bonchev–Trinajstić information content (AvgIpc) is 2.54. The van der Waals surface area contributed by atoms with Crippen LogP contribution in [0.2, 0.25) is 0 Å². The second-order valence-corrected chi connectivity index (χ2v) is 4.57. The summed E-state index contributed by atoms with van der Waals surface area (Å²) in [5.74, 6) is -0.0460. The molecule has 0 bridgehead atoms. The second-order valence-electron chi connectivity index (χ2n) is 4.57. The second kappa shape index (κ2) is 5.34. The molecule has 4 heteroatoms. The number of nitrogens with zero attached hydrogens (tertiary/aromatic N) is 1. The molecular formula is C13H19NO3. The van der Waals surface area contributed by atoms with E-state index >= 15 is 0 Å². The zero-order chi connectivity index (χ0) is 12.3. The zero-order valence-electron chi connectivity index (χ0n) is 10.3. The first-order valence-corrected chi connectivity index (χ1v) is 6.39. The lowest BCUT2D eigenvalue weighted by atomic mass is 10.0. The fourth-order valence-corrected chi connectivity index (χ4v) is 2.68. The van der Waals surface area contributed by atoms with Crippen molar-refractivity contribution in [1.82, 2.24) is 4.90 Å². The van der Waals surface area contributed by atoms with E-state index in [1.165, 1.54) is 0 Å². The van der Waals surface area contributed by atoms with Gasteiger partial charge in [-0.3, -0.25) is 4.79 Å². The maximum absolute atomic E-state index is 11.7. The topological polar surface area (TPSA) is 46.6 Å². The molecule has 17 heavy (non-hydrogen) atoms. The third kappa shape index (κ3) is 2.68. The number of hydrogen-bond donors (Lipinski definition) is 0. The van der Waals surface area contributed by atoms with E-state index in [1.54, 1.807) is 13.0 Å². The predicted molar refractivity (Wildman–Crippen MR) is 63.3 cm³/mol. The highest BCUT2D eigenvalue weighted by molar-refractivity contribution is 5.84. The smallest absolute Gasteiger partial charge is 0.330 e. The minimum Gasteiger partial charge on any atom is -0.463 e.